The number of benzene rings is 1. The van der Waals surface area contributed by atoms with Gasteiger partial charge in [0, 0.05) is 42.8 Å². The maximum absolute atomic E-state index is 4.96. The Morgan fingerprint density at radius 1 is 0.933 bits per heavy atom. The summed E-state index contributed by atoms with van der Waals surface area (Å²) in [6.07, 6.45) is 10.6. The largest absolute Gasteiger partial charge is 0.370 e. The number of nitrogens with one attached hydrogen (secondary N) is 2. The summed E-state index contributed by atoms with van der Waals surface area (Å²) in [7, 11) is 0. The zero-order valence-electron chi connectivity index (χ0n) is 16.3. The van der Waals surface area contributed by atoms with Crippen LogP contribution in [0.15, 0.2) is 49.2 Å². The van der Waals surface area contributed by atoms with Gasteiger partial charge in [-0.25, -0.2) is 19.9 Å². The lowest BCUT2D eigenvalue weighted by Crippen LogP contribution is -2.29. The van der Waals surface area contributed by atoms with Crippen LogP contribution in [0, 0.1) is 0 Å². The van der Waals surface area contributed by atoms with E-state index in [9.17, 15) is 0 Å². The molecule has 1 fully saturated rings. The summed E-state index contributed by atoms with van der Waals surface area (Å²) in [6.45, 7) is 2.17. The number of nitrogens with zero attached hydrogens (tertiary/aromatic N) is 6. The van der Waals surface area contributed by atoms with Crippen LogP contribution in [0.4, 0.5) is 5.69 Å². The first-order valence-electron chi connectivity index (χ1n) is 10.2. The van der Waals surface area contributed by atoms with E-state index in [1.807, 2.05) is 0 Å². The van der Waals surface area contributed by atoms with Gasteiger partial charge < -0.3 is 9.88 Å². The molecule has 5 heterocycles. The molecular weight excluding hydrogens is 376 g/mol. The van der Waals surface area contributed by atoms with Crippen molar-refractivity contribution in [3.63, 3.8) is 0 Å². The van der Waals surface area contributed by atoms with Gasteiger partial charge in [-0.3, -0.25) is 5.10 Å². The molecule has 0 amide bonds. The fraction of sp³-hybridized carbons (Fsp3) is 0.227. The Morgan fingerprint density at radius 3 is 2.67 bits per heavy atom. The quantitative estimate of drug-likeness (QED) is 0.479. The molecule has 148 valence electrons. The van der Waals surface area contributed by atoms with Gasteiger partial charge in [0.25, 0.3) is 0 Å². The smallest absolute Gasteiger partial charge is 0.181 e. The number of para-hydroxylation sites is 1. The number of hydrogen-bond acceptors (Lipinski definition) is 6. The van der Waals surface area contributed by atoms with E-state index in [0.717, 1.165) is 52.2 Å². The minimum Gasteiger partial charge on any atom is -0.370 e. The number of aromatic nitrogens is 7. The van der Waals surface area contributed by atoms with E-state index >= 15 is 0 Å². The van der Waals surface area contributed by atoms with Crippen molar-refractivity contribution in [2.75, 3.05) is 18.0 Å². The number of piperidine rings is 1. The minimum atomic E-state index is 0.655. The molecule has 1 aromatic carbocycles. The summed E-state index contributed by atoms with van der Waals surface area (Å²) in [5.41, 5.74) is 6.55. The SMILES string of the molecule is c1cc(N2CCCCC2)c2nc(-c3[nH]nc4ncc(-c5cncnc5)cc34)[nH]c2c1. The Balaban J connectivity index is 1.47. The zero-order chi connectivity index (χ0) is 19.9. The summed E-state index contributed by atoms with van der Waals surface area (Å²) in [5.74, 6) is 0.764. The number of anilines is 1. The molecule has 5 aromatic rings. The normalized spacial score (nSPS) is 14.6. The average molecular weight is 396 g/mol. The van der Waals surface area contributed by atoms with Gasteiger partial charge in [-0.05, 0) is 37.5 Å². The maximum atomic E-state index is 4.96. The van der Waals surface area contributed by atoms with Crippen LogP contribution in [0.25, 0.3) is 44.7 Å². The second kappa shape index (κ2) is 6.91. The van der Waals surface area contributed by atoms with Crippen LogP contribution in [-0.4, -0.2) is 48.2 Å². The first-order valence-corrected chi connectivity index (χ1v) is 10.2. The Labute approximate surface area is 172 Å². The van der Waals surface area contributed by atoms with Crippen LogP contribution in [0.1, 0.15) is 19.3 Å². The van der Waals surface area contributed by atoms with Gasteiger partial charge >= 0.3 is 0 Å². The lowest BCUT2D eigenvalue weighted by atomic mass is 10.1. The predicted octanol–water partition coefficient (Wildman–Crippen LogP) is 3.95. The average Bonchev–Trinajstić information content (AvgIpc) is 3.43. The zero-order valence-corrected chi connectivity index (χ0v) is 16.3. The Hall–Kier alpha value is -3.81. The number of rotatable bonds is 3. The van der Waals surface area contributed by atoms with Gasteiger partial charge in [0.2, 0.25) is 0 Å². The molecule has 4 aromatic heterocycles. The first-order chi connectivity index (χ1) is 14.9. The molecule has 0 radical (unpaired) electrons. The summed E-state index contributed by atoms with van der Waals surface area (Å²) in [5, 5.41) is 8.40. The van der Waals surface area contributed by atoms with E-state index in [1.54, 1.807) is 18.6 Å². The maximum Gasteiger partial charge on any atom is 0.181 e. The molecule has 0 spiro atoms. The van der Waals surface area contributed by atoms with Gasteiger partial charge in [0.05, 0.1) is 16.6 Å². The van der Waals surface area contributed by atoms with Crippen molar-refractivity contribution in [1.29, 1.82) is 0 Å². The fourth-order valence-electron chi connectivity index (χ4n) is 4.21. The Kier molecular flexibility index (Phi) is 3.93. The van der Waals surface area contributed by atoms with Crippen molar-refractivity contribution in [2.24, 2.45) is 0 Å². The standard InChI is InChI=1S/C22H20N8/c1-2-7-30(8-3-1)18-6-4-5-17-20(18)27-22(26-17)19-16-9-14(12-25-21(16)29-28-19)15-10-23-13-24-11-15/h4-6,9-13H,1-3,7-8H2,(H,26,27)(H,25,28,29). The van der Waals surface area contributed by atoms with Crippen molar-refractivity contribution < 1.29 is 0 Å². The molecule has 30 heavy (non-hydrogen) atoms. The van der Waals surface area contributed by atoms with E-state index < -0.39 is 0 Å². The Bertz CT molecular complexity index is 1330. The molecule has 0 unspecified atom stereocenters. The van der Waals surface area contributed by atoms with Crippen LogP contribution >= 0.6 is 0 Å². The molecule has 0 bridgehead atoms. The van der Waals surface area contributed by atoms with Crippen LogP contribution in [0.5, 0.6) is 0 Å². The lowest BCUT2D eigenvalue weighted by Gasteiger charge is -2.28. The van der Waals surface area contributed by atoms with Crippen molar-refractivity contribution in [3.05, 3.63) is 49.2 Å². The highest BCUT2D eigenvalue weighted by atomic mass is 15.2. The van der Waals surface area contributed by atoms with E-state index in [1.165, 1.54) is 31.3 Å². The lowest BCUT2D eigenvalue weighted by molar-refractivity contribution is 0.579. The highest BCUT2D eigenvalue weighted by molar-refractivity contribution is 5.96. The molecule has 1 saturated heterocycles. The summed E-state index contributed by atoms with van der Waals surface area (Å²) in [6, 6.07) is 8.38. The summed E-state index contributed by atoms with van der Waals surface area (Å²) < 4.78 is 0. The number of imidazole rings is 1. The fourth-order valence-corrected chi connectivity index (χ4v) is 4.21. The third kappa shape index (κ3) is 2.80. The molecule has 1 aliphatic rings. The van der Waals surface area contributed by atoms with Crippen LogP contribution < -0.4 is 4.90 Å². The predicted molar refractivity (Wildman–Crippen MR) is 116 cm³/mol. The van der Waals surface area contributed by atoms with Gasteiger partial charge in [0.15, 0.2) is 11.5 Å². The van der Waals surface area contributed by atoms with E-state index in [2.05, 4.69) is 59.3 Å². The van der Waals surface area contributed by atoms with Crippen molar-refractivity contribution in [2.45, 2.75) is 19.3 Å². The molecule has 8 heteroatoms. The molecule has 8 nitrogen and oxygen atoms in total. The minimum absolute atomic E-state index is 0.655. The number of fused-ring (bicyclic) bond motifs is 2. The number of pyridine rings is 1. The molecule has 2 N–H and O–H groups in total. The van der Waals surface area contributed by atoms with Crippen LogP contribution in [0.2, 0.25) is 0 Å². The van der Waals surface area contributed by atoms with Crippen LogP contribution in [-0.2, 0) is 0 Å². The molecule has 6 rings (SSSR count). The highest BCUT2D eigenvalue weighted by Gasteiger charge is 2.18. The topological polar surface area (TPSA) is 99.3 Å². The third-order valence-corrected chi connectivity index (χ3v) is 5.73. The number of aromatic amines is 2. The van der Waals surface area contributed by atoms with Gasteiger partial charge in [-0.2, -0.15) is 5.10 Å². The van der Waals surface area contributed by atoms with Crippen LogP contribution in [0.3, 0.4) is 0 Å². The van der Waals surface area contributed by atoms with Crippen molar-refractivity contribution >= 4 is 27.8 Å². The molecule has 0 aliphatic carbocycles. The second-order valence-corrected chi connectivity index (χ2v) is 7.63. The third-order valence-electron chi connectivity index (χ3n) is 5.73. The van der Waals surface area contributed by atoms with E-state index in [-0.39, 0.29) is 0 Å². The van der Waals surface area contributed by atoms with Crippen molar-refractivity contribution in [1.82, 2.24) is 35.1 Å². The number of H-pyrrole nitrogens is 2. The highest BCUT2D eigenvalue weighted by Crippen LogP contribution is 2.32. The van der Waals surface area contributed by atoms with Crippen molar-refractivity contribution in [3.8, 4) is 22.6 Å². The van der Waals surface area contributed by atoms with Gasteiger partial charge in [-0.1, -0.05) is 6.07 Å². The van der Waals surface area contributed by atoms with E-state index in [4.69, 9.17) is 4.98 Å². The molecule has 0 saturated carbocycles. The summed E-state index contributed by atoms with van der Waals surface area (Å²) >= 11 is 0. The monoisotopic (exact) mass is 396 g/mol. The van der Waals surface area contributed by atoms with Gasteiger partial charge in [0.1, 0.15) is 17.5 Å². The second-order valence-electron chi connectivity index (χ2n) is 7.63. The molecule has 1 aliphatic heterocycles. The molecule has 0 atom stereocenters. The summed E-state index contributed by atoms with van der Waals surface area (Å²) in [4.78, 5) is 23.6. The van der Waals surface area contributed by atoms with Gasteiger partial charge in [-0.15, -0.1) is 0 Å². The first kappa shape index (κ1) is 17.1. The molecular formula is C22H20N8. The number of hydrogen-bond donors (Lipinski definition) is 2. The van der Waals surface area contributed by atoms with E-state index in [0.29, 0.717) is 5.65 Å². The Morgan fingerprint density at radius 2 is 1.80 bits per heavy atom.